The molecular formula is C18H18N2O4. The highest BCUT2D eigenvalue weighted by Gasteiger charge is 2.21. The van der Waals surface area contributed by atoms with Gasteiger partial charge in [-0.05, 0) is 36.4 Å². The van der Waals surface area contributed by atoms with Gasteiger partial charge in [0.15, 0.2) is 11.5 Å². The number of hydrogen-bond acceptors (Lipinski definition) is 4. The minimum Gasteiger partial charge on any atom is -0.486 e. The molecule has 0 saturated carbocycles. The first-order valence-electron chi connectivity index (χ1n) is 7.66. The van der Waals surface area contributed by atoms with E-state index in [1.54, 1.807) is 24.3 Å². The number of anilines is 1. The van der Waals surface area contributed by atoms with Crippen molar-refractivity contribution in [2.24, 2.45) is 0 Å². The summed E-state index contributed by atoms with van der Waals surface area (Å²) in [5, 5.41) is 5.49. The van der Waals surface area contributed by atoms with Crippen LogP contribution in [0.3, 0.4) is 0 Å². The Kier molecular flexibility index (Phi) is 4.65. The summed E-state index contributed by atoms with van der Waals surface area (Å²) in [5.41, 5.74) is 1.17. The number of fused-ring (bicyclic) bond motifs is 1. The third-order valence-electron chi connectivity index (χ3n) is 3.53. The Balaban J connectivity index is 1.53. The zero-order valence-electron chi connectivity index (χ0n) is 13.2. The molecule has 0 aromatic heterocycles. The van der Waals surface area contributed by atoms with Gasteiger partial charge in [-0.2, -0.15) is 0 Å². The lowest BCUT2D eigenvalue weighted by molar-refractivity contribution is -0.114. The van der Waals surface area contributed by atoms with Crippen molar-refractivity contribution in [2.45, 2.75) is 13.0 Å². The number of carbonyl (C=O) groups excluding carboxylic acids is 2. The topological polar surface area (TPSA) is 76.7 Å². The third-order valence-corrected chi connectivity index (χ3v) is 3.53. The van der Waals surface area contributed by atoms with Gasteiger partial charge >= 0.3 is 0 Å². The van der Waals surface area contributed by atoms with Crippen LogP contribution in [0.5, 0.6) is 11.5 Å². The molecule has 0 fully saturated rings. The number of nitrogens with one attached hydrogen (secondary N) is 2. The van der Waals surface area contributed by atoms with Crippen molar-refractivity contribution in [2.75, 3.05) is 18.5 Å². The first-order valence-corrected chi connectivity index (χ1v) is 7.66. The van der Waals surface area contributed by atoms with E-state index in [1.165, 1.54) is 6.92 Å². The van der Waals surface area contributed by atoms with Crippen LogP contribution in [0, 0.1) is 0 Å². The Bertz CT molecular complexity index is 743. The molecule has 0 unspecified atom stereocenters. The van der Waals surface area contributed by atoms with Gasteiger partial charge in [0, 0.05) is 18.2 Å². The van der Waals surface area contributed by atoms with E-state index in [2.05, 4.69) is 10.6 Å². The molecule has 1 aliphatic heterocycles. The van der Waals surface area contributed by atoms with Crippen LogP contribution in [0.2, 0.25) is 0 Å². The van der Waals surface area contributed by atoms with Crippen LogP contribution in [0.1, 0.15) is 17.3 Å². The molecule has 0 bridgehead atoms. The molecule has 24 heavy (non-hydrogen) atoms. The second kappa shape index (κ2) is 7.04. The van der Waals surface area contributed by atoms with Crippen LogP contribution < -0.4 is 20.1 Å². The van der Waals surface area contributed by atoms with E-state index in [-0.39, 0.29) is 17.9 Å². The van der Waals surface area contributed by atoms with E-state index in [4.69, 9.17) is 9.47 Å². The minimum absolute atomic E-state index is 0.151. The summed E-state index contributed by atoms with van der Waals surface area (Å²) in [6.45, 7) is 2.17. The zero-order valence-corrected chi connectivity index (χ0v) is 13.2. The van der Waals surface area contributed by atoms with Crippen molar-refractivity contribution >= 4 is 17.5 Å². The second-order valence-corrected chi connectivity index (χ2v) is 5.47. The van der Waals surface area contributed by atoms with Crippen molar-refractivity contribution in [1.29, 1.82) is 0 Å². The summed E-state index contributed by atoms with van der Waals surface area (Å²) in [4.78, 5) is 23.2. The van der Waals surface area contributed by atoms with Gasteiger partial charge in [0.2, 0.25) is 5.91 Å². The van der Waals surface area contributed by atoms with Crippen LogP contribution >= 0.6 is 0 Å². The summed E-state index contributed by atoms with van der Waals surface area (Å²) >= 11 is 0. The Morgan fingerprint density at radius 2 is 1.79 bits per heavy atom. The molecule has 3 rings (SSSR count). The number of carbonyl (C=O) groups is 2. The predicted octanol–water partition coefficient (Wildman–Crippen LogP) is 2.21. The quantitative estimate of drug-likeness (QED) is 0.903. The lowest BCUT2D eigenvalue weighted by Gasteiger charge is -2.26. The van der Waals surface area contributed by atoms with Crippen LogP contribution in [0.25, 0.3) is 0 Å². The van der Waals surface area contributed by atoms with E-state index in [0.29, 0.717) is 35.9 Å². The molecule has 0 saturated heterocycles. The van der Waals surface area contributed by atoms with Crippen molar-refractivity contribution in [1.82, 2.24) is 5.32 Å². The summed E-state index contributed by atoms with van der Waals surface area (Å²) in [7, 11) is 0. The first-order chi connectivity index (χ1) is 11.6. The highest BCUT2D eigenvalue weighted by atomic mass is 16.6. The molecule has 0 spiro atoms. The number of rotatable bonds is 4. The average Bonchev–Trinajstić information content (AvgIpc) is 2.59. The van der Waals surface area contributed by atoms with E-state index in [0.717, 1.165) is 0 Å². The van der Waals surface area contributed by atoms with Crippen molar-refractivity contribution in [3.05, 3.63) is 54.1 Å². The first kappa shape index (κ1) is 15.9. The Morgan fingerprint density at radius 3 is 2.50 bits per heavy atom. The van der Waals surface area contributed by atoms with Gasteiger partial charge in [0.25, 0.3) is 5.91 Å². The maximum absolute atomic E-state index is 12.2. The fourth-order valence-electron chi connectivity index (χ4n) is 2.38. The molecule has 2 N–H and O–H groups in total. The molecule has 2 amide bonds. The molecule has 1 heterocycles. The van der Waals surface area contributed by atoms with Gasteiger partial charge in [-0.3, -0.25) is 9.59 Å². The molecule has 6 heteroatoms. The van der Waals surface area contributed by atoms with Crippen LogP contribution in [0.15, 0.2) is 48.5 Å². The fraction of sp³-hybridized carbons (Fsp3) is 0.222. The lowest BCUT2D eigenvalue weighted by Crippen LogP contribution is -2.40. The maximum atomic E-state index is 12.2. The lowest BCUT2D eigenvalue weighted by atomic mass is 10.2. The summed E-state index contributed by atoms with van der Waals surface area (Å²) in [5.74, 6) is 1.05. The van der Waals surface area contributed by atoms with Gasteiger partial charge in [0.1, 0.15) is 12.7 Å². The van der Waals surface area contributed by atoms with Gasteiger partial charge in [0.05, 0.1) is 6.54 Å². The second-order valence-electron chi connectivity index (χ2n) is 5.47. The van der Waals surface area contributed by atoms with E-state index >= 15 is 0 Å². The number of para-hydroxylation sites is 2. The van der Waals surface area contributed by atoms with Crippen LogP contribution in [-0.4, -0.2) is 31.1 Å². The zero-order chi connectivity index (χ0) is 16.9. The average molecular weight is 326 g/mol. The summed E-state index contributed by atoms with van der Waals surface area (Å²) in [6.07, 6.45) is -0.234. The Hall–Kier alpha value is -3.02. The molecule has 2 aromatic carbocycles. The molecular weight excluding hydrogens is 308 g/mol. The van der Waals surface area contributed by atoms with Crippen molar-refractivity contribution < 1.29 is 19.1 Å². The Morgan fingerprint density at radius 1 is 1.08 bits per heavy atom. The van der Waals surface area contributed by atoms with E-state index < -0.39 is 0 Å². The van der Waals surface area contributed by atoms with E-state index in [1.807, 2.05) is 24.3 Å². The summed E-state index contributed by atoms with van der Waals surface area (Å²) < 4.78 is 11.4. The fourth-order valence-corrected chi connectivity index (χ4v) is 2.38. The molecule has 0 aliphatic carbocycles. The molecule has 124 valence electrons. The highest BCUT2D eigenvalue weighted by molar-refractivity contribution is 5.95. The normalized spacial score (nSPS) is 15.5. The molecule has 1 aliphatic rings. The summed E-state index contributed by atoms with van der Waals surface area (Å²) in [6, 6.07) is 14.1. The molecule has 6 nitrogen and oxygen atoms in total. The highest BCUT2D eigenvalue weighted by Crippen LogP contribution is 2.30. The van der Waals surface area contributed by atoms with E-state index in [9.17, 15) is 9.59 Å². The standard InChI is InChI=1S/C18H18N2O4/c1-12(21)20-14-8-6-13(7-9-14)18(22)19-10-15-11-23-16-4-2-3-5-17(16)24-15/h2-9,15H,10-11H2,1H3,(H,19,22)(H,20,21)/t15-/m1/s1. The van der Waals surface area contributed by atoms with Crippen LogP contribution in [-0.2, 0) is 4.79 Å². The van der Waals surface area contributed by atoms with Gasteiger partial charge < -0.3 is 20.1 Å². The van der Waals surface area contributed by atoms with Gasteiger partial charge in [-0.15, -0.1) is 0 Å². The van der Waals surface area contributed by atoms with Crippen molar-refractivity contribution in [3.8, 4) is 11.5 Å². The van der Waals surface area contributed by atoms with Crippen LogP contribution in [0.4, 0.5) is 5.69 Å². The number of hydrogen-bond donors (Lipinski definition) is 2. The van der Waals surface area contributed by atoms with Crippen molar-refractivity contribution in [3.63, 3.8) is 0 Å². The smallest absolute Gasteiger partial charge is 0.251 e. The van der Waals surface area contributed by atoms with Gasteiger partial charge in [-0.25, -0.2) is 0 Å². The Labute approximate surface area is 139 Å². The monoisotopic (exact) mass is 326 g/mol. The number of amides is 2. The molecule has 1 atom stereocenters. The number of benzene rings is 2. The maximum Gasteiger partial charge on any atom is 0.251 e. The SMILES string of the molecule is CC(=O)Nc1ccc(C(=O)NC[C@@H]2COc3ccccc3O2)cc1. The van der Waals surface area contributed by atoms with Gasteiger partial charge in [-0.1, -0.05) is 12.1 Å². The minimum atomic E-state index is -0.234. The molecule has 0 radical (unpaired) electrons. The largest absolute Gasteiger partial charge is 0.486 e. The molecule has 2 aromatic rings. The predicted molar refractivity (Wildman–Crippen MR) is 89.4 cm³/mol. The number of ether oxygens (including phenoxy) is 2. The third kappa shape index (κ3) is 3.84.